The molecule has 3 amide bonds. The Morgan fingerprint density at radius 1 is 1.28 bits per heavy atom. The van der Waals surface area contributed by atoms with Gasteiger partial charge in [0.25, 0.3) is 0 Å². The van der Waals surface area contributed by atoms with Gasteiger partial charge in [-0.05, 0) is 32.2 Å². The Morgan fingerprint density at radius 2 is 1.83 bits per heavy atom. The van der Waals surface area contributed by atoms with Crippen LogP contribution in [0, 0.1) is 5.92 Å². The van der Waals surface area contributed by atoms with Crippen molar-refractivity contribution in [1.82, 2.24) is 10.6 Å². The second-order valence-electron chi connectivity index (χ2n) is 5.01. The van der Waals surface area contributed by atoms with Gasteiger partial charge in [0.05, 0.1) is 0 Å². The first-order valence-electron chi connectivity index (χ1n) is 5.51. The summed E-state index contributed by atoms with van der Waals surface area (Å²) in [7, 11) is 0. The van der Waals surface area contributed by atoms with Crippen LogP contribution in [0.15, 0.2) is 5.11 Å². The van der Waals surface area contributed by atoms with Crippen molar-refractivity contribution in [3.8, 4) is 0 Å². The Morgan fingerprint density at radius 3 is 2.22 bits per heavy atom. The highest BCUT2D eigenvalue weighted by atomic mass is 16.6. The van der Waals surface area contributed by atoms with Gasteiger partial charge in [0.2, 0.25) is 0 Å². The van der Waals surface area contributed by atoms with E-state index >= 15 is 0 Å². The average molecular weight is 257 g/mol. The highest BCUT2D eigenvalue weighted by Crippen LogP contribution is 2.07. The standard InChI is InChI=1S/C10H19N5O3/c1-6(2)7(12-8(16)14-15-11)13-9(17)18-10(3,4)5/h6-7H,1-5H3,(H,12,16)(H,13,17)/t7-/m0/s1. The summed E-state index contributed by atoms with van der Waals surface area (Å²) in [5.74, 6) is -0.0876. The number of nitrogens with one attached hydrogen (secondary N) is 2. The SMILES string of the molecule is CC(C)[C@@H](NC(=O)N=[N+]=[N-])NC(=O)OC(C)(C)C. The number of carbonyl (C=O) groups excluding carboxylic acids is 2. The number of nitrogens with zero attached hydrogens (tertiary/aromatic N) is 3. The normalized spacial score (nSPS) is 12.3. The molecule has 0 heterocycles. The fourth-order valence-corrected chi connectivity index (χ4v) is 1.01. The lowest BCUT2D eigenvalue weighted by Gasteiger charge is -2.25. The summed E-state index contributed by atoms with van der Waals surface area (Å²) in [6.07, 6.45) is -1.32. The third-order valence-electron chi connectivity index (χ3n) is 1.75. The number of carbonyl (C=O) groups is 2. The molecule has 0 aliphatic rings. The van der Waals surface area contributed by atoms with E-state index in [-0.39, 0.29) is 5.92 Å². The van der Waals surface area contributed by atoms with Gasteiger partial charge < -0.3 is 15.4 Å². The Kier molecular flexibility index (Phi) is 5.98. The van der Waals surface area contributed by atoms with E-state index in [1.807, 2.05) is 0 Å². The van der Waals surface area contributed by atoms with Gasteiger partial charge in [0.1, 0.15) is 11.8 Å². The molecule has 0 radical (unpaired) electrons. The first-order chi connectivity index (χ1) is 8.15. The maximum Gasteiger partial charge on any atom is 0.409 e. The van der Waals surface area contributed by atoms with Gasteiger partial charge in [-0.15, -0.1) is 0 Å². The zero-order valence-corrected chi connectivity index (χ0v) is 11.2. The van der Waals surface area contributed by atoms with Crippen molar-refractivity contribution < 1.29 is 14.3 Å². The van der Waals surface area contributed by atoms with E-state index in [1.165, 1.54) is 0 Å². The summed E-state index contributed by atoms with van der Waals surface area (Å²) in [5.41, 5.74) is 7.48. The van der Waals surface area contributed by atoms with Crippen molar-refractivity contribution in [2.75, 3.05) is 0 Å². The first-order valence-corrected chi connectivity index (χ1v) is 5.51. The van der Waals surface area contributed by atoms with Crippen LogP contribution in [0.5, 0.6) is 0 Å². The van der Waals surface area contributed by atoms with Crippen molar-refractivity contribution in [3.05, 3.63) is 10.4 Å². The fourth-order valence-electron chi connectivity index (χ4n) is 1.01. The molecule has 0 aliphatic carbocycles. The predicted octanol–water partition coefficient (Wildman–Crippen LogP) is 2.51. The van der Waals surface area contributed by atoms with Gasteiger partial charge in [-0.1, -0.05) is 13.8 Å². The van der Waals surface area contributed by atoms with Gasteiger partial charge in [-0.2, -0.15) is 0 Å². The van der Waals surface area contributed by atoms with Gasteiger partial charge in [0.15, 0.2) is 0 Å². The zero-order valence-electron chi connectivity index (χ0n) is 11.2. The van der Waals surface area contributed by atoms with E-state index in [2.05, 4.69) is 20.7 Å². The lowest BCUT2D eigenvalue weighted by atomic mass is 10.1. The van der Waals surface area contributed by atoms with Gasteiger partial charge in [0, 0.05) is 10.0 Å². The number of urea groups is 1. The first kappa shape index (κ1) is 16.1. The van der Waals surface area contributed by atoms with E-state index in [4.69, 9.17) is 10.3 Å². The molecule has 0 saturated carbocycles. The largest absolute Gasteiger partial charge is 0.444 e. The summed E-state index contributed by atoms with van der Waals surface area (Å²) in [5, 5.41) is 7.72. The number of azide groups is 1. The fraction of sp³-hybridized carbons (Fsp3) is 0.800. The summed E-state index contributed by atoms with van der Waals surface area (Å²) < 4.78 is 5.06. The molecule has 2 N–H and O–H groups in total. The Bertz CT molecular complexity index is 355. The Hall–Kier alpha value is -1.95. The Labute approximate surface area is 106 Å². The lowest BCUT2D eigenvalue weighted by molar-refractivity contribution is 0.0483. The van der Waals surface area contributed by atoms with Crippen molar-refractivity contribution in [2.45, 2.75) is 46.4 Å². The number of hydrogen-bond donors (Lipinski definition) is 2. The molecule has 0 spiro atoms. The van der Waals surface area contributed by atoms with E-state index < -0.39 is 23.9 Å². The zero-order chi connectivity index (χ0) is 14.3. The second-order valence-corrected chi connectivity index (χ2v) is 5.01. The minimum Gasteiger partial charge on any atom is -0.444 e. The molecular weight excluding hydrogens is 238 g/mol. The maximum atomic E-state index is 11.5. The molecule has 8 heteroatoms. The van der Waals surface area contributed by atoms with Crippen molar-refractivity contribution in [3.63, 3.8) is 0 Å². The maximum absolute atomic E-state index is 11.5. The van der Waals surface area contributed by atoms with Crippen LogP contribution in [0.2, 0.25) is 0 Å². The molecule has 0 unspecified atom stereocenters. The summed E-state index contributed by atoms with van der Waals surface area (Å²) in [6, 6.07) is -0.854. The van der Waals surface area contributed by atoms with Crippen LogP contribution >= 0.6 is 0 Å². The van der Waals surface area contributed by atoms with Crippen LogP contribution in [0.1, 0.15) is 34.6 Å². The van der Waals surface area contributed by atoms with Crippen LogP contribution in [-0.4, -0.2) is 23.9 Å². The minimum atomic E-state index is -0.854. The molecule has 0 aromatic heterocycles. The molecule has 0 saturated heterocycles. The molecule has 0 fully saturated rings. The molecule has 0 bridgehead atoms. The molecule has 102 valence electrons. The van der Waals surface area contributed by atoms with Gasteiger partial charge in [-0.25, -0.2) is 4.79 Å². The molecule has 18 heavy (non-hydrogen) atoms. The molecule has 0 aromatic rings. The third-order valence-corrected chi connectivity index (χ3v) is 1.75. The molecule has 0 aliphatic heterocycles. The van der Waals surface area contributed by atoms with E-state index in [0.717, 1.165) is 0 Å². The third kappa shape index (κ3) is 7.34. The number of ether oxygens (including phenoxy) is 1. The monoisotopic (exact) mass is 257 g/mol. The molecule has 0 aromatic carbocycles. The quantitative estimate of drug-likeness (QED) is 0.350. The van der Waals surface area contributed by atoms with E-state index in [1.54, 1.807) is 34.6 Å². The van der Waals surface area contributed by atoms with Crippen LogP contribution in [0.25, 0.3) is 10.4 Å². The second kappa shape index (κ2) is 6.70. The Balaban J connectivity index is 4.50. The highest BCUT2D eigenvalue weighted by Gasteiger charge is 2.22. The van der Waals surface area contributed by atoms with Crippen molar-refractivity contribution >= 4 is 12.1 Å². The summed E-state index contributed by atoms with van der Waals surface area (Å²) in [6.45, 7) is 8.78. The van der Waals surface area contributed by atoms with Gasteiger partial charge in [-0.3, -0.25) is 4.79 Å². The van der Waals surface area contributed by atoms with E-state index in [0.29, 0.717) is 0 Å². The number of amides is 3. The van der Waals surface area contributed by atoms with Crippen LogP contribution in [0.3, 0.4) is 0 Å². The smallest absolute Gasteiger partial charge is 0.409 e. The number of alkyl carbamates (subject to hydrolysis) is 1. The van der Waals surface area contributed by atoms with E-state index in [9.17, 15) is 9.59 Å². The summed E-state index contributed by atoms with van der Waals surface area (Å²) in [4.78, 5) is 25.0. The topological polar surface area (TPSA) is 116 Å². The van der Waals surface area contributed by atoms with Crippen LogP contribution in [-0.2, 0) is 4.74 Å². The lowest BCUT2D eigenvalue weighted by Crippen LogP contribution is -2.51. The summed E-state index contributed by atoms with van der Waals surface area (Å²) >= 11 is 0. The molecule has 0 rings (SSSR count). The number of hydrogen-bond acceptors (Lipinski definition) is 3. The van der Waals surface area contributed by atoms with Crippen LogP contribution in [0.4, 0.5) is 9.59 Å². The number of rotatable bonds is 3. The molecule has 1 atom stereocenters. The molecule has 8 nitrogen and oxygen atoms in total. The predicted molar refractivity (Wildman–Crippen MR) is 65.7 cm³/mol. The minimum absolute atomic E-state index is 0.0876. The highest BCUT2D eigenvalue weighted by molar-refractivity contribution is 5.76. The average Bonchev–Trinajstić information content (AvgIpc) is 2.13. The van der Waals surface area contributed by atoms with Gasteiger partial charge >= 0.3 is 12.1 Å². The van der Waals surface area contributed by atoms with Crippen LogP contribution < -0.4 is 10.6 Å². The van der Waals surface area contributed by atoms with Crippen molar-refractivity contribution in [2.24, 2.45) is 11.0 Å². The van der Waals surface area contributed by atoms with Crippen molar-refractivity contribution in [1.29, 1.82) is 0 Å². The molecular formula is C10H19N5O3.